The average molecular weight is 345 g/mol. The van der Waals surface area contributed by atoms with Gasteiger partial charge in [0.1, 0.15) is 10.8 Å². The monoisotopic (exact) mass is 344 g/mol. The first-order valence-corrected chi connectivity index (χ1v) is 7.99. The van der Waals surface area contributed by atoms with Crippen LogP contribution in [-0.2, 0) is 4.79 Å². The van der Waals surface area contributed by atoms with Gasteiger partial charge in [-0.05, 0) is 25.0 Å². The molecule has 22 heavy (non-hydrogen) atoms. The Balaban J connectivity index is 1.75. The minimum atomic E-state index is -0.538. The summed E-state index contributed by atoms with van der Waals surface area (Å²) in [4.78, 5) is 23.4. The number of nitrogens with one attached hydrogen (secondary N) is 2. The van der Waals surface area contributed by atoms with E-state index in [9.17, 15) is 9.59 Å². The molecule has 1 fully saturated rings. The standard InChI is InChI=1S/C15H18Cl2N2O3/c16-11-7-4-8-12(14(11)17)22-9-13(20)19-15(21)18-10-5-2-1-3-6-10/h4,7-8,10H,1-3,5-6,9H2,(H2,18,19,20,21). The lowest BCUT2D eigenvalue weighted by Gasteiger charge is -2.22. The molecule has 7 heteroatoms. The minimum Gasteiger partial charge on any atom is -0.482 e. The van der Waals surface area contributed by atoms with Crippen molar-refractivity contribution in [2.75, 3.05) is 6.61 Å². The van der Waals surface area contributed by atoms with Gasteiger partial charge in [-0.1, -0.05) is 48.5 Å². The normalized spacial score (nSPS) is 15.2. The van der Waals surface area contributed by atoms with Crippen molar-refractivity contribution >= 4 is 35.1 Å². The fourth-order valence-electron chi connectivity index (χ4n) is 2.37. The molecule has 0 radical (unpaired) electrons. The first kappa shape index (κ1) is 16.9. The van der Waals surface area contributed by atoms with E-state index >= 15 is 0 Å². The third-order valence-electron chi connectivity index (χ3n) is 3.47. The Bertz CT molecular complexity index is 546. The Morgan fingerprint density at radius 2 is 1.91 bits per heavy atom. The van der Waals surface area contributed by atoms with Crippen molar-refractivity contribution in [3.8, 4) is 5.75 Å². The van der Waals surface area contributed by atoms with E-state index in [1.807, 2.05) is 0 Å². The third-order valence-corrected chi connectivity index (χ3v) is 4.27. The summed E-state index contributed by atoms with van der Waals surface area (Å²) in [5.74, 6) is -0.235. The molecule has 1 aliphatic carbocycles. The molecule has 5 nitrogen and oxygen atoms in total. The van der Waals surface area contributed by atoms with E-state index in [-0.39, 0.29) is 17.7 Å². The zero-order valence-corrected chi connectivity index (χ0v) is 13.5. The average Bonchev–Trinajstić information content (AvgIpc) is 2.49. The lowest BCUT2D eigenvalue weighted by Crippen LogP contribution is -2.46. The van der Waals surface area contributed by atoms with Gasteiger partial charge in [0.2, 0.25) is 0 Å². The zero-order chi connectivity index (χ0) is 15.9. The van der Waals surface area contributed by atoms with Gasteiger partial charge in [0, 0.05) is 6.04 Å². The van der Waals surface area contributed by atoms with Crippen molar-refractivity contribution in [3.63, 3.8) is 0 Å². The molecule has 2 rings (SSSR count). The second-order valence-electron chi connectivity index (χ2n) is 5.20. The number of ether oxygens (including phenoxy) is 1. The van der Waals surface area contributed by atoms with Gasteiger partial charge in [0.25, 0.3) is 5.91 Å². The van der Waals surface area contributed by atoms with Gasteiger partial charge in [-0.3, -0.25) is 10.1 Å². The number of amides is 3. The lowest BCUT2D eigenvalue weighted by atomic mass is 9.96. The van der Waals surface area contributed by atoms with Crippen LogP contribution in [-0.4, -0.2) is 24.6 Å². The quantitative estimate of drug-likeness (QED) is 0.877. The Morgan fingerprint density at radius 3 is 2.64 bits per heavy atom. The Labute approximate surface area is 139 Å². The molecular formula is C15H18Cl2N2O3. The van der Waals surface area contributed by atoms with Crippen molar-refractivity contribution in [1.82, 2.24) is 10.6 Å². The molecule has 0 bridgehead atoms. The first-order chi connectivity index (χ1) is 10.6. The largest absolute Gasteiger partial charge is 0.482 e. The van der Waals surface area contributed by atoms with Crippen LogP contribution in [0, 0.1) is 0 Å². The fourth-order valence-corrected chi connectivity index (χ4v) is 2.72. The summed E-state index contributed by atoms with van der Waals surface area (Å²) in [6.07, 6.45) is 5.32. The number of urea groups is 1. The number of imide groups is 1. The van der Waals surface area contributed by atoms with E-state index in [2.05, 4.69) is 10.6 Å². The summed E-state index contributed by atoms with van der Waals surface area (Å²) in [5, 5.41) is 5.62. The van der Waals surface area contributed by atoms with E-state index in [0.29, 0.717) is 10.8 Å². The maximum Gasteiger partial charge on any atom is 0.321 e. The van der Waals surface area contributed by atoms with Crippen molar-refractivity contribution < 1.29 is 14.3 Å². The highest BCUT2D eigenvalue weighted by Crippen LogP contribution is 2.31. The molecular weight excluding hydrogens is 327 g/mol. The summed E-state index contributed by atoms with van der Waals surface area (Å²) in [6.45, 7) is -0.307. The Kier molecular flexibility index (Phi) is 6.34. The van der Waals surface area contributed by atoms with Crippen LogP contribution >= 0.6 is 23.2 Å². The van der Waals surface area contributed by atoms with Crippen LogP contribution in [0.3, 0.4) is 0 Å². The van der Waals surface area contributed by atoms with Gasteiger partial charge in [-0.25, -0.2) is 4.79 Å². The second kappa shape index (κ2) is 8.25. The van der Waals surface area contributed by atoms with Crippen molar-refractivity contribution in [3.05, 3.63) is 28.2 Å². The maximum absolute atomic E-state index is 11.7. The highest BCUT2D eigenvalue weighted by molar-refractivity contribution is 6.42. The highest BCUT2D eigenvalue weighted by Gasteiger charge is 2.17. The predicted octanol–water partition coefficient (Wildman–Crippen LogP) is 3.53. The van der Waals surface area contributed by atoms with Crippen LogP contribution in [0.4, 0.5) is 4.79 Å². The zero-order valence-electron chi connectivity index (χ0n) is 12.0. The Hall–Kier alpha value is -1.46. The highest BCUT2D eigenvalue weighted by atomic mass is 35.5. The molecule has 0 unspecified atom stereocenters. The second-order valence-corrected chi connectivity index (χ2v) is 5.98. The van der Waals surface area contributed by atoms with Gasteiger partial charge >= 0.3 is 6.03 Å². The van der Waals surface area contributed by atoms with Gasteiger partial charge in [0.15, 0.2) is 6.61 Å². The molecule has 0 aromatic heterocycles. The molecule has 1 aliphatic rings. The molecule has 2 N–H and O–H groups in total. The van der Waals surface area contributed by atoms with Crippen LogP contribution in [0.2, 0.25) is 10.0 Å². The Morgan fingerprint density at radius 1 is 1.18 bits per heavy atom. The van der Waals surface area contributed by atoms with Crippen LogP contribution < -0.4 is 15.4 Å². The first-order valence-electron chi connectivity index (χ1n) is 7.23. The molecule has 0 saturated heterocycles. The van der Waals surface area contributed by atoms with Crippen LogP contribution in [0.15, 0.2) is 18.2 Å². The minimum absolute atomic E-state index is 0.143. The fraction of sp³-hybridized carbons (Fsp3) is 0.467. The number of rotatable bonds is 4. The van der Waals surface area contributed by atoms with Crippen LogP contribution in [0.5, 0.6) is 5.75 Å². The summed E-state index contributed by atoms with van der Waals surface area (Å²) in [6, 6.07) is 4.54. The number of benzene rings is 1. The molecule has 1 saturated carbocycles. The van der Waals surface area contributed by atoms with E-state index in [1.54, 1.807) is 18.2 Å². The van der Waals surface area contributed by atoms with E-state index in [1.165, 1.54) is 6.42 Å². The lowest BCUT2D eigenvalue weighted by molar-refractivity contribution is -0.122. The molecule has 0 heterocycles. The molecule has 1 aromatic rings. The van der Waals surface area contributed by atoms with Gasteiger partial charge < -0.3 is 10.1 Å². The SMILES string of the molecule is O=C(COc1cccc(Cl)c1Cl)NC(=O)NC1CCCCC1. The molecule has 120 valence electrons. The van der Waals surface area contributed by atoms with Gasteiger partial charge in [-0.2, -0.15) is 0 Å². The number of carbonyl (C=O) groups excluding carboxylic acids is 2. The number of halogens is 2. The molecule has 0 spiro atoms. The number of hydrogen-bond acceptors (Lipinski definition) is 3. The van der Waals surface area contributed by atoms with Gasteiger partial charge in [0.05, 0.1) is 5.02 Å². The van der Waals surface area contributed by atoms with Crippen molar-refractivity contribution in [2.45, 2.75) is 38.1 Å². The van der Waals surface area contributed by atoms with Crippen LogP contribution in [0.1, 0.15) is 32.1 Å². The smallest absolute Gasteiger partial charge is 0.321 e. The van der Waals surface area contributed by atoms with Crippen LogP contribution in [0.25, 0.3) is 0 Å². The number of carbonyl (C=O) groups is 2. The van der Waals surface area contributed by atoms with Gasteiger partial charge in [-0.15, -0.1) is 0 Å². The summed E-state index contributed by atoms with van der Waals surface area (Å²) in [5.41, 5.74) is 0. The third kappa shape index (κ3) is 5.07. The van der Waals surface area contributed by atoms with E-state index in [4.69, 9.17) is 27.9 Å². The summed E-state index contributed by atoms with van der Waals surface area (Å²) >= 11 is 11.8. The summed E-state index contributed by atoms with van der Waals surface area (Å²) < 4.78 is 5.26. The van der Waals surface area contributed by atoms with E-state index < -0.39 is 11.9 Å². The molecule has 0 aliphatic heterocycles. The molecule has 3 amide bonds. The maximum atomic E-state index is 11.7. The van der Waals surface area contributed by atoms with Crippen molar-refractivity contribution in [2.24, 2.45) is 0 Å². The van der Waals surface area contributed by atoms with Crippen molar-refractivity contribution in [1.29, 1.82) is 0 Å². The molecule has 1 aromatic carbocycles. The summed E-state index contributed by atoms with van der Waals surface area (Å²) in [7, 11) is 0. The predicted molar refractivity (Wildman–Crippen MR) is 85.5 cm³/mol. The topological polar surface area (TPSA) is 67.4 Å². The molecule has 0 atom stereocenters. The number of hydrogen-bond donors (Lipinski definition) is 2. The van der Waals surface area contributed by atoms with E-state index in [0.717, 1.165) is 25.7 Å².